The predicted octanol–water partition coefficient (Wildman–Crippen LogP) is 6.50. The summed E-state index contributed by atoms with van der Waals surface area (Å²) in [7, 11) is 0. The van der Waals surface area contributed by atoms with Crippen molar-refractivity contribution in [2.75, 3.05) is 6.61 Å². The fourth-order valence-electron chi connectivity index (χ4n) is 5.05. The molecule has 1 saturated heterocycles. The van der Waals surface area contributed by atoms with Crippen molar-refractivity contribution in [1.29, 1.82) is 0 Å². The second-order valence-electron chi connectivity index (χ2n) is 9.56. The molecule has 4 rings (SSSR count). The molecule has 0 N–H and O–H groups in total. The number of hydrogen-bond donors (Lipinski definition) is 0. The minimum absolute atomic E-state index is 0.330. The lowest BCUT2D eigenvalue weighted by atomic mass is 9.86. The molecule has 3 heterocycles. The van der Waals surface area contributed by atoms with Crippen LogP contribution in [-0.2, 0) is 21.5 Å². The maximum Gasteiger partial charge on any atom is 0.265 e. The van der Waals surface area contributed by atoms with E-state index in [0.717, 1.165) is 40.3 Å². The van der Waals surface area contributed by atoms with Crippen LogP contribution in [0.3, 0.4) is 0 Å². The van der Waals surface area contributed by atoms with Gasteiger partial charge < -0.3 is 9.47 Å². The average Bonchev–Trinajstić information content (AvgIpc) is 3.36. The van der Waals surface area contributed by atoms with Crippen molar-refractivity contribution in [2.45, 2.75) is 71.9 Å². The third-order valence-corrected chi connectivity index (χ3v) is 7.22. The molecule has 2 unspecified atom stereocenters. The third-order valence-electron chi connectivity index (χ3n) is 6.94. The molecule has 0 amide bonds. The standard InChI is InChI=1S/C29H36N4O2S/c1-8-10-11-12-23-13-15-24(16-14-23)20(4)32-27(22(6)34-9-2)29(7,35-28(32)36)25-18-30-26-17-19(3)31-33(26)21(25)5/h13-18,27H,4,6,8-12H2,1-3,5,7H3. The Balaban J connectivity index is 1.72. The first-order valence-electron chi connectivity index (χ1n) is 12.7. The Bertz CT molecular complexity index is 1300. The van der Waals surface area contributed by atoms with Gasteiger partial charge >= 0.3 is 0 Å². The number of hydrogen-bond acceptors (Lipinski definition) is 5. The van der Waals surface area contributed by atoms with Crippen molar-refractivity contribution >= 4 is 28.7 Å². The molecule has 0 radical (unpaired) electrons. The Hall–Kier alpha value is -3.19. The lowest BCUT2D eigenvalue weighted by molar-refractivity contribution is 0.0581. The number of nitrogens with zero attached hydrogens (tertiary/aromatic N) is 4. The minimum Gasteiger partial charge on any atom is -0.496 e. The molecular weight excluding hydrogens is 468 g/mol. The summed E-state index contributed by atoms with van der Waals surface area (Å²) in [5.41, 5.74) is 5.63. The summed E-state index contributed by atoms with van der Waals surface area (Å²) in [6.07, 6.45) is 6.58. The van der Waals surface area contributed by atoms with E-state index < -0.39 is 11.6 Å². The number of rotatable bonds is 10. The molecule has 1 aromatic carbocycles. The Morgan fingerprint density at radius 3 is 2.56 bits per heavy atom. The fourth-order valence-corrected chi connectivity index (χ4v) is 5.44. The summed E-state index contributed by atoms with van der Waals surface area (Å²) < 4.78 is 14.3. The van der Waals surface area contributed by atoms with Crippen molar-refractivity contribution in [3.05, 3.63) is 83.5 Å². The van der Waals surface area contributed by atoms with Gasteiger partial charge in [-0.2, -0.15) is 5.10 Å². The molecule has 6 nitrogen and oxygen atoms in total. The summed E-state index contributed by atoms with van der Waals surface area (Å²) in [6, 6.07) is 10.1. The molecular formula is C29H36N4O2S. The molecule has 36 heavy (non-hydrogen) atoms. The van der Waals surface area contributed by atoms with Crippen LogP contribution in [0.4, 0.5) is 0 Å². The van der Waals surface area contributed by atoms with Gasteiger partial charge in [0.2, 0.25) is 0 Å². The lowest BCUT2D eigenvalue weighted by Crippen LogP contribution is -2.43. The van der Waals surface area contributed by atoms with Crippen molar-refractivity contribution in [3.8, 4) is 0 Å². The predicted molar refractivity (Wildman–Crippen MR) is 149 cm³/mol. The van der Waals surface area contributed by atoms with Gasteiger partial charge in [0.1, 0.15) is 11.8 Å². The monoisotopic (exact) mass is 504 g/mol. The molecule has 190 valence electrons. The van der Waals surface area contributed by atoms with Crippen molar-refractivity contribution in [3.63, 3.8) is 0 Å². The second-order valence-corrected chi connectivity index (χ2v) is 9.91. The normalized spacial score (nSPS) is 19.5. The second kappa shape index (κ2) is 10.4. The van der Waals surface area contributed by atoms with E-state index in [-0.39, 0.29) is 0 Å². The SMILES string of the molecule is C=C(OCC)C1N(C(=C)c2ccc(CCCCC)cc2)C(=S)OC1(C)c1cnc2cc(C)nn2c1C. The molecule has 1 fully saturated rings. The molecule has 2 aromatic heterocycles. The van der Waals surface area contributed by atoms with E-state index in [2.05, 4.69) is 54.4 Å². The number of fused-ring (bicyclic) bond motifs is 1. The van der Waals surface area contributed by atoms with E-state index in [9.17, 15) is 0 Å². The van der Waals surface area contributed by atoms with Gasteiger partial charge in [-0.25, -0.2) is 9.50 Å². The lowest BCUT2D eigenvalue weighted by Gasteiger charge is -2.34. The first-order valence-corrected chi connectivity index (χ1v) is 13.1. The summed E-state index contributed by atoms with van der Waals surface area (Å²) in [5, 5.41) is 4.95. The highest BCUT2D eigenvalue weighted by Crippen LogP contribution is 2.46. The zero-order chi connectivity index (χ0) is 26.0. The zero-order valence-electron chi connectivity index (χ0n) is 22.0. The Labute approximate surface area is 219 Å². The summed E-state index contributed by atoms with van der Waals surface area (Å²) in [6.45, 7) is 19.3. The van der Waals surface area contributed by atoms with E-state index in [1.807, 2.05) is 49.4 Å². The average molecular weight is 505 g/mol. The first kappa shape index (κ1) is 25.9. The van der Waals surface area contributed by atoms with Gasteiger partial charge in [-0.1, -0.05) is 57.2 Å². The van der Waals surface area contributed by atoms with Gasteiger partial charge in [0.15, 0.2) is 11.2 Å². The van der Waals surface area contributed by atoms with Crippen LogP contribution in [0.5, 0.6) is 0 Å². The van der Waals surface area contributed by atoms with Crippen LogP contribution in [0.25, 0.3) is 11.3 Å². The molecule has 3 aromatic rings. The van der Waals surface area contributed by atoms with E-state index in [0.29, 0.717) is 17.5 Å². The highest BCUT2D eigenvalue weighted by Gasteiger charge is 2.54. The number of benzene rings is 1. The van der Waals surface area contributed by atoms with Crippen LogP contribution >= 0.6 is 12.2 Å². The van der Waals surface area contributed by atoms with Gasteiger partial charge in [-0.05, 0) is 63.9 Å². The number of ether oxygens (including phenoxy) is 2. The molecule has 0 saturated carbocycles. The van der Waals surface area contributed by atoms with Crippen molar-refractivity contribution in [1.82, 2.24) is 19.5 Å². The molecule has 0 aliphatic carbocycles. The van der Waals surface area contributed by atoms with Crippen LogP contribution in [0.15, 0.2) is 55.4 Å². The maximum absolute atomic E-state index is 6.47. The van der Waals surface area contributed by atoms with E-state index in [1.54, 1.807) is 0 Å². The summed E-state index contributed by atoms with van der Waals surface area (Å²) in [5.74, 6) is 0.563. The van der Waals surface area contributed by atoms with Crippen LogP contribution in [0.2, 0.25) is 0 Å². The number of aryl methyl sites for hydroxylation is 3. The highest BCUT2D eigenvalue weighted by molar-refractivity contribution is 7.80. The molecule has 0 bridgehead atoms. The zero-order valence-corrected chi connectivity index (χ0v) is 22.8. The van der Waals surface area contributed by atoms with Gasteiger partial charge in [0, 0.05) is 23.5 Å². The van der Waals surface area contributed by atoms with Crippen LogP contribution in [0, 0.1) is 13.8 Å². The molecule has 2 atom stereocenters. The quantitative estimate of drug-likeness (QED) is 0.178. The van der Waals surface area contributed by atoms with Gasteiger partial charge in [0.05, 0.1) is 18.0 Å². The number of aromatic nitrogens is 3. The van der Waals surface area contributed by atoms with Gasteiger partial charge in [-0.3, -0.25) is 4.90 Å². The highest BCUT2D eigenvalue weighted by atomic mass is 32.1. The molecule has 0 spiro atoms. The molecule has 7 heteroatoms. The number of thiocarbonyl (C=S) groups is 1. The third kappa shape index (κ3) is 4.64. The fraction of sp³-hybridized carbons (Fsp3) is 0.414. The Morgan fingerprint density at radius 1 is 1.17 bits per heavy atom. The van der Waals surface area contributed by atoms with Gasteiger partial charge in [-0.15, -0.1) is 0 Å². The topological polar surface area (TPSA) is 51.9 Å². The van der Waals surface area contributed by atoms with Crippen molar-refractivity contribution in [2.24, 2.45) is 0 Å². The maximum atomic E-state index is 6.47. The van der Waals surface area contributed by atoms with Crippen molar-refractivity contribution < 1.29 is 9.47 Å². The molecule has 1 aliphatic rings. The van der Waals surface area contributed by atoms with Crippen LogP contribution in [-0.4, -0.2) is 37.3 Å². The Kier molecular flexibility index (Phi) is 7.50. The molecule has 1 aliphatic heterocycles. The van der Waals surface area contributed by atoms with Crippen LogP contribution in [0.1, 0.15) is 68.1 Å². The number of unbranched alkanes of at least 4 members (excludes halogenated alkanes) is 2. The van der Waals surface area contributed by atoms with Crippen LogP contribution < -0.4 is 0 Å². The summed E-state index contributed by atoms with van der Waals surface area (Å²) in [4.78, 5) is 6.58. The smallest absolute Gasteiger partial charge is 0.265 e. The first-order chi connectivity index (χ1) is 17.2. The van der Waals surface area contributed by atoms with E-state index in [1.165, 1.54) is 24.8 Å². The van der Waals surface area contributed by atoms with Gasteiger partial charge in [0.25, 0.3) is 5.17 Å². The van der Waals surface area contributed by atoms with E-state index >= 15 is 0 Å². The Morgan fingerprint density at radius 2 is 1.89 bits per heavy atom. The minimum atomic E-state index is -0.905. The largest absolute Gasteiger partial charge is 0.496 e. The summed E-state index contributed by atoms with van der Waals surface area (Å²) >= 11 is 5.79. The van der Waals surface area contributed by atoms with E-state index in [4.69, 9.17) is 21.7 Å².